The fourth-order valence-electron chi connectivity index (χ4n) is 1.56. The summed E-state index contributed by atoms with van der Waals surface area (Å²) in [6, 6.07) is 0. The van der Waals surface area contributed by atoms with Crippen LogP contribution in [0.15, 0.2) is 0 Å². The summed E-state index contributed by atoms with van der Waals surface area (Å²) in [6.07, 6.45) is 5.93. The van der Waals surface area contributed by atoms with E-state index < -0.39 is 0 Å². The summed E-state index contributed by atoms with van der Waals surface area (Å²) >= 11 is 2.54. The van der Waals surface area contributed by atoms with Gasteiger partial charge in [0.2, 0.25) is 0 Å². The van der Waals surface area contributed by atoms with Crippen LogP contribution in [0.5, 0.6) is 0 Å². The lowest BCUT2D eigenvalue weighted by Crippen LogP contribution is -2.29. The molecule has 1 saturated carbocycles. The number of hydrogen-bond acceptors (Lipinski definition) is 1. The molecule has 1 aliphatic carbocycles. The van der Waals surface area contributed by atoms with E-state index in [0.717, 1.165) is 10.5 Å². The van der Waals surface area contributed by atoms with E-state index in [4.69, 9.17) is 4.74 Å². The van der Waals surface area contributed by atoms with Gasteiger partial charge in [-0.1, -0.05) is 49.3 Å². The lowest BCUT2D eigenvalue weighted by molar-refractivity contribution is 0.0210. The highest BCUT2D eigenvalue weighted by Gasteiger charge is 2.23. The summed E-state index contributed by atoms with van der Waals surface area (Å²) in [5, 5.41) is 0. The highest BCUT2D eigenvalue weighted by molar-refractivity contribution is 14.1. The number of hydrogen-bond donors (Lipinski definition) is 0. The quantitative estimate of drug-likeness (QED) is 0.569. The zero-order chi connectivity index (χ0) is 8.97. The van der Waals surface area contributed by atoms with Gasteiger partial charge in [0.1, 0.15) is 0 Å². The molecule has 0 bridgehead atoms. The Morgan fingerprint density at radius 1 is 1.33 bits per heavy atom. The minimum atomic E-state index is 0.543. The third kappa shape index (κ3) is 3.60. The molecule has 2 heteroatoms. The lowest BCUT2D eigenvalue weighted by Gasteiger charge is -2.28. The lowest BCUT2D eigenvalue weighted by atomic mass is 9.97. The molecule has 0 aliphatic heterocycles. The molecule has 1 nitrogen and oxygen atoms in total. The maximum atomic E-state index is 5.85. The molecule has 1 rings (SSSR count). The van der Waals surface area contributed by atoms with Crippen LogP contribution in [0.1, 0.15) is 39.5 Å². The van der Waals surface area contributed by atoms with Gasteiger partial charge in [-0.05, 0) is 18.8 Å². The van der Waals surface area contributed by atoms with Gasteiger partial charge >= 0.3 is 0 Å². The molecule has 1 fully saturated rings. The van der Waals surface area contributed by atoms with Gasteiger partial charge in [0.15, 0.2) is 0 Å². The van der Waals surface area contributed by atoms with Crippen LogP contribution >= 0.6 is 22.6 Å². The summed E-state index contributed by atoms with van der Waals surface area (Å²) in [4.78, 5) is 0. The maximum absolute atomic E-state index is 5.85. The van der Waals surface area contributed by atoms with Crippen molar-refractivity contribution in [3.8, 4) is 0 Å². The van der Waals surface area contributed by atoms with E-state index in [-0.39, 0.29) is 0 Å². The molecule has 12 heavy (non-hydrogen) atoms. The molecule has 1 aliphatic rings. The molecule has 0 saturated heterocycles. The first kappa shape index (κ1) is 10.8. The third-order valence-corrected chi connectivity index (χ3v) is 3.69. The molecule has 0 spiro atoms. The van der Waals surface area contributed by atoms with E-state index in [1.54, 1.807) is 0 Å². The van der Waals surface area contributed by atoms with E-state index in [1.807, 2.05) is 0 Å². The highest BCUT2D eigenvalue weighted by Crippen LogP contribution is 2.27. The van der Waals surface area contributed by atoms with Crippen molar-refractivity contribution in [3.05, 3.63) is 0 Å². The van der Waals surface area contributed by atoms with Crippen molar-refractivity contribution in [2.75, 3.05) is 6.61 Å². The van der Waals surface area contributed by atoms with Crippen molar-refractivity contribution in [3.63, 3.8) is 0 Å². The molecule has 0 N–H and O–H groups in total. The van der Waals surface area contributed by atoms with Gasteiger partial charge in [-0.15, -0.1) is 0 Å². The second-order valence-electron chi connectivity index (χ2n) is 4.07. The van der Waals surface area contributed by atoms with Gasteiger partial charge in [-0.25, -0.2) is 0 Å². The minimum Gasteiger partial charge on any atom is -0.377 e. The Labute approximate surface area is 89.4 Å². The van der Waals surface area contributed by atoms with E-state index in [9.17, 15) is 0 Å². The first-order chi connectivity index (χ1) is 5.70. The first-order valence-electron chi connectivity index (χ1n) is 4.96. The maximum Gasteiger partial charge on any atom is 0.0692 e. The topological polar surface area (TPSA) is 9.23 Å². The number of rotatable bonds is 3. The standard InChI is InChI=1S/C10H19IO/c1-8(2)7-12-10-6-4-3-5-9(10)11/h8-10H,3-7H2,1-2H3. The highest BCUT2D eigenvalue weighted by atomic mass is 127. The fraction of sp³-hybridized carbons (Fsp3) is 1.00. The smallest absolute Gasteiger partial charge is 0.0692 e. The average molecular weight is 282 g/mol. The van der Waals surface area contributed by atoms with E-state index in [0.29, 0.717) is 12.0 Å². The average Bonchev–Trinajstić information content (AvgIpc) is 2.03. The molecule has 0 aromatic rings. The van der Waals surface area contributed by atoms with Crippen LogP contribution in [0.2, 0.25) is 0 Å². The number of ether oxygens (including phenoxy) is 1. The minimum absolute atomic E-state index is 0.543. The van der Waals surface area contributed by atoms with Gasteiger partial charge < -0.3 is 4.74 Å². The zero-order valence-electron chi connectivity index (χ0n) is 8.05. The summed E-state index contributed by atoms with van der Waals surface area (Å²) in [5.74, 6) is 0.676. The van der Waals surface area contributed by atoms with Crippen molar-refractivity contribution in [2.45, 2.75) is 49.6 Å². The molecular formula is C10H19IO. The Morgan fingerprint density at radius 2 is 2.00 bits per heavy atom. The molecule has 2 unspecified atom stereocenters. The van der Waals surface area contributed by atoms with Crippen LogP contribution in [-0.4, -0.2) is 16.6 Å². The third-order valence-electron chi connectivity index (χ3n) is 2.27. The Morgan fingerprint density at radius 3 is 2.58 bits per heavy atom. The van der Waals surface area contributed by atoms with E-state index in [2.05, 4.69) is 36.4 Å². The summed E-state index contributed by atoms with van der Waals surface area (Å²) in [5.41, 5.74) is 0. The Kier molecular flexibility index (Phi) is 4.87. The van der Waals surface area contributed by atoms with Crippen molar-refractivity contribution >= 4 is 22.6 Å². The fourth-order valence-corrected chi connectivity index (χ4v) is 2.56. The van der Waals surface area contributed by atoms with Gasteiger partial charge in [-0.2, -0.15) is 0 Å². The van der Waals surface area contributed by atoms with Crippen molar-refractivity contribution in [2.24, 2.45) is 5.92 Å². The van der Waals surface area contributed by atoms with Crippen LogP contribution < -0.4 is 0 Å². The van der Waals surface area contributed by atoms with Gasteiger partial charge in [0.25, 0.3) is 0 Å². The number of alkyl halides is 1. The van der Waals surface area contributed by atoms with Crippen LogP contribution in [0.4, 0.5) is 0 Å². The Bertz CT molecular complexity index is 125. The number of halogens is 1. The molecule has 0 heterocycles. The van der Waals surface area contributed by atoms with E-state index in [1.165, 1.54) is 25.7 Å². The van der Waals surface area contributed by atoms with Crippen molar-refractivity contribution < 1.29 is 4.74 Å². The predicted octanol–water partition coefficient (Wildman–Crippen LogP) is 3.41. The Hall–Kier alpha value is 0.690. The molecule has 0 aromatic heterocycles. The SMILES string of the molecule is CC(C)COC1CCCCC1I. The first-order valence-corrected chi connectivity index (χ1v) is 6.20. The van der Waals surface area contributed by atoms with Gasteiger partial charge in [-0.3, -0.25) is 0 Å². The largest absolute Gasteiger partial charge is 0.377 e. The van der Waals surface area contributed by atoms with Gasteiger partial charge in [0, 0.05) is 10.5 Å². The molecule has 2 atom stereocenters. The summed E-state index contributed by atoms with van der Waals surface area (Å²) in [7, 11) is 0. The second kappa shape index (κ2) is 5.43. The molecular weight excluding hydrogens is 263 g/mol. The molecule has 72 valence electrons. The Balaban J connectivity index is 2.20. The second-order valence-corrected chi connectivity index (χ2v) is 5.67. The molecule has 0 amide bonds. The van der Waals surface area contributed by atoms with Gasteiger partial charge in [0.05, 0.1) is 6.10 Å². The van der Waals surface area contributed by atoms with Crippen LogP contribution in [-0.2, 0) is 4.74 Å². The molecule has 0 radical (unpaired) electrons. The van der Waals surface area contributed by atoms with Crippen LogP contribution in [0.25, 0.3) is 0 Å². The van der Waals surface area contributed by atoms with Crippen molar-refractivity contribution in [1.82, 2.24) is 0 Å². The zero-order valence-corrected chi connectivity index (χ0v) is 10.2. The molecule has 0 aromatic carbocycles. The normalized spacial score (nSPS) is 31.0. The van der Waals surface area contributed by atoms with Crippen molar-refractivity contribution in [1.29, 1.82) is 0 Å². The van der Waals surface area contributed by atoms with Crippen LogP contribution in [0, 0.1) is 5.92 Å². The summed E-state index contributed by atoms with van der Waals surface area (Å²) in [6.45, 7) is 5.36. The predicted molar refractivity (Wildman–Crippen MR) is 60.9 cm³/mol. The van der Waals surface area contributed by atoms with Crippen LogP contribution in [0.3, 0.4) is 0 Å². The summed E-state index contributed by atoms with van der Waals surface area (Å²) < 4.78 is 6.61. The van der Waals surface area contributed by atoms with E-state index >= 15 is 0 Å². The monoisotopic (exact) mass is 282 g/mol.